The quantitative estimate of drug-likeness (QED) is 0.689. The lowest BCUT2D eigenvalue weighted by atomic mass is 10.2. The maximum absolute atomic E-state index is 13.6. The zero-order valence-corrected chi connectivity index (χ0v) is 12.4. The van der Waals surface area contributed by atoms with Crippen molar-refractivity contribution in [1.29, 1.82) is 0 Å². The second-order valence-electron chi connectivity index (χ2n) is 4.55. The molecule has 108 valence electrons. The number of hydrogen-bond donors (Lipinski definition) is 0. The summed E-state index contributed by atoms with van der Waals surface area (Å²) in [6.45, 7) is 2.72. The van der Waals surface area contributed by atoms with Gasteiger partial charge >= 0.3 is 0 Å². The van der Waals surface area contributed by atoms with Gasteiger partial charge in [-0.15, -0.1) is 0 Å². The molecule has 0 spiro atoms. The summed E-state index contributed by atoms with van der Waals surface area (Å²) in [6, 6.07) is 5.14. The Morgan fingerprint density at radius 3 is 2.76 bits per heavy atom. The van der Waals surface area contributed by atoms with Gasteiger partial charge in [0, 0.05) is 11.9 Å². The Hall–Kier alpha value is -2.14. The molecule has 3 aromatic heterocycles. The second kappa shape index (κ2) is 5.33. The Morgan fingerprint density at radius 1 is 1.24 bits per heavy atom. The number of halogens is 2. The van der Waals surface area contributed by atoms with Gasteiger partial charge in [-0.1, -0.05) is 11.6 Å². The summed E-state index contributed by atoms with van der Waals surface area (Å²) in [5, 5.41) is 1.37. The predicted molar refractivity (Wildman–Crippen MR) is 80.2 cm³/mol. The van der Waals surface area contributed by atoms with Crippen molar-refractivity contribution in [1.82, 2.24) is 14.5 Å². The van der Waals surface area contributed by atoms with Crippen LogP contribution < -0.4 is 4.74 Å². The number of ether oxygens (including phenoxy) is 1. The van der Waals surface area contributed by atoms with Gasteiger partial charge in [0.25, 0.3) is 0 Å². The molecule has 3 heterocycles. The van der Waals surface area contributed by atoms with Crippen LogP contribution >= 0.6 is 11.6 Å². The van der Waals surface area contributed by atoms with E-state index in [1.165, 1.54) is 13.2 Å². The minimum atomic E-state index is -0.408. The van der Waals surface area contributed by atoms with E-state index in [-0.39, 0.29) is 0 Å². The van der Waals surface area contributed by atoms with E-state index in [1.807, 2.05) is 17.6 Å². The van der Waals surface area contributed by atoms with Gasteiger partial charge in [0.15, 0.2) is 0 Å². The molecule has 0 aliphatic heterocycles. The van der Waals surface area contributed by atoms with E-state index in [2.05, 4.69) is 9.97 Å². The van der Waals surface area contributed by atoms with Crippen LogP contribution in [0.4, 0.5) is 4.39 Å². The van der Waals surface area contributed by atoms with Crippen molar-refractivity contribution < 1.29 is 9.13 Å². The van der Waals surface area contributed by atoms with Crippen molar-refractivity contribution in [3.8, 4) is 17.1 Å². The van der Waals surface area contributed by atoms with Crippen molar-refractivity contribution in [2.45, 2.75) is 13.5 Å². The molecule has 4 nitrogen and oxygen atoms in total. The zero-order valence-electron chi connectivity index (χ0n) is 11.6. The smallest absolute Gasteiger partial charge is 0.222 e. The predicted octanol–water partition coefficient (Wildman–Crippen LogP) is 3.92. The molecule has 0 amide bonds. The Balaban J connectivity index is 2.32. The Morgan fingerprint density at radius 2 is 2.05 bits per heavy atom. The minimum Gasteiger partial charge on any atom is -0.481 e. The largest absolute Gasteiger partial charge is 0.481 e. The number of pyridine rings is 2. The molecule has 0 radical (unpaired) electrons. The fourth-order valence-electron chi connectivity index (χ4n) is 2.47. The Labute approximate surface area is 126 Å². The normalized spacial score (nSPS) is 11.0. The summed E-state index contributed by atoms with van der Waals surface area (Å²) in [5.74, 6) is -0.0252. The lowest BCUT2D eigenvalue weighted by Gasteiger charge is -2.10. The lowest BCUT2D eigenvalue weighted by molar-refractivity contribution is 0.397. The number of aryl methyl sites for hydroxylation is 1. The van der Waals surface area contributed by atoms with E-state index >= 15 is 0 Å². The highest BCUT2D eigenvalue weighted by Crippen LogP contribution is 2.33. The van der Waals surface area contributed by atoms with Crippen LogP contribution in [0.1, 0.15) is 6.92 Å². The van der Waals surface area contributed by atoms with E-state index in [4.69, 9.17) is 16.3 Å². The molecule has 0 aromatic carbocycles. The van der Waals surface area contributed by atoms with Crippen molar-refractivity contribution in [3.63, 3.8) is 0 Å². The monoisotopic (exact) mass is 305 g/mol. The van der Waals surface area contributed by atoms with Gasteiger partial charge in [0.1, 0.15) is 11.0 Å². The molecule has 0 bridgehead atoms. The van der Waals surface area contributed by atoms with E-state index in [1.54, 1.807) is 12.3 Å². The number of nitrogens with zero attached hydrogens (tertiary/aromatic N) is 3. The van der Waals surface area contributed by atoms with E-state index in [9.17, 15) is 4.39 Å². The van der Waals surface area contributed by atoms with Gasteiger partial charge in [-0.05, 0) is 25.1 Å². The molecule has 0 N–H and O–H groups in total. The van der Waals surface area contributed by atoms with Crippen molar-refractivity contribution in [2.24, 2.45) is 0 Å². The minimum absolute atomic E-state index is 0.382. The van der Waals surface area contributed by atoms with Gasteiger partial charge in [-0.2, -0.15) is 0 Å². The number of aromatic nitrogens is 3. The topological polar surface area (TPSA) is 39.9 Å². The average Bonchev–Trinajstić information content (AvgIpc) is 2.84. The first kappa shape index (κ1) is 13.8. The third kappa shape index (κ3) is 2.34. The van der Waals surface area contributed by atoms with Gasteiger partial charge < -0.3 is 9.30 Å². The molecule has 6 heteroatoms. The highest BCUT2D eigenvalue weighted by molar-refractivity contribution is 6.30. The third-order valence-electron chi connectivity index (χ3n) is 3.36. The van der Waals surface area contributed by atoms with Crippen LogP contribution in [0.5, 0.6) is 5.88 Å². The molecule has 3 aromatic rings. The summed E-state index contributed by atoms with van der Waals surface area (Å²) in [4.78, 5) is 8.09. The molecule has 0 aliphatic rings. The van der Waals surface area contributed by atoms with Gasteiger partial charge in [0.05, 0.1) is 36.3 Å². The summed E-state index contributed by atoms with van der Waals surface area (Å²) >= 11 is 5.94. The highest BCUT2D eigenvalue weighted by atomic mass is 35.5. The average molecular weight is 306 g/mol. The van der Waals surface area contributed by atoms with Gasteiger partial charge in [-0.3, -0.25) is 0 Å². The molecule has 0 atom stereocenters. The SMILES string of the molecule is CCn1c(-c2cc(F)cnc2OC)cc2cc(Cl)ncc21. The first-order chi connectivity index (χ1) is 10.1. The van der Waals surface area contributed by atoms with E-state index < -0.39 is 5.82 Å². The molecule has 0 saturated heterocycles. The van der Waals surface area contributed by atoms with Crippen molar-refractivity contribution in [2.75, 3.05) is 7.11 Å². The van der Waals surface area contributed by atoms with Gasteiger partial charge in [0.2, 0.25) is 5.88 Å². The number of rotatable bonds is 3. The molecule has 0 fully saturated rings. The standard InChI is InChI=1S/C15H13ClFN3O/c1-3-20-12(4-9-5-14(16)18-8-13(9)20)11-6-10(17)7-19-15(11)21-2/h4-8H,3H2,1-2H3. The van der Waals surface area contributed by atoms with Crippen molar-refractivity contribution in [3.05, 3.63) is 41.6 Å². The van der Waals surface area contributed by atoms with E-state index in [0.29, 0.717) is 23.1 Å². The fraction of sp³-hybridized carbons (Fsp3) is 0.200. The summed E-state index contributed by atoms with van der Waals surface area (Å²) < 4.78 is 20.8. The molecule has 0 aliphatic carbocycles. The van der Waals surface area contributed by atoms with Crippen LogP contribution in [-0.2, 0) is 6.54 Å². The number of methoxy groups -OCH3 is 1. The molecular weight excluding hydrogens is 293 g/mol. The third-order valence-corrected chi connectivity index (χ3v) is 3.56. The maximum Gasteiger partial charge on any atom is 0.222 e. The summed E-state index contributed by atoms with van der Waals surface area (Å²) in [5.41, 5.74) is 2.36. The number of hydrogen-bond acceptors (Lipinski definition) is 3. The fourth-order valence-corrected chi connectivity index (χ4v) is 2.64. The molecular formula is C15H13ClFN3O. The molecule has 21 heavy (non-hydrogen) atoms. The van der Waals surface area contributed by atoms with Crippen LogP contribution in [0.2, 0.25) is 5.15 Å². The molecule has 0 unspecified atom stereocenters. The van der Waals surface area contributed by atoms with E-state index in [0.717, 1.165) is 22.8 Å². The van der Waals surface area contributed by atoms with Crippen LogP contribution in [0.15, 0.2) is 30.6 Å². The Bertz CT molecular complexity index is 816. The maximum atomic E-state index is 13.6. The summed E-state index contributed by atoms with van der Waals surface area (Å²) in [6.07, 6.45) is 2.85. The first-order valence-electron chi connectivity index (χ1n) is 6.48. The number of fused-ring (bicyclic) bond motifs is 1. The first-order valence-corrected chi connectivity index (χ1v) is 6.86. The van der Waals surface area contributed by atoms with Gasteiger partial charge in [-0.25, -0.2) is 14.4 Å². The van der Waals surface area contributed by atoms with Crippen LogP contribution in [0, 0.1) is 5.82 Å². The highest BCUT2D eigenvalue weighted by Gasteiger charge is 2.16. The lowest BCUT2D eigenvalue weighted by Crippen LogP contribution is -2.00. The van der Waals surface area contributed by atoms with Crippen LogP contribution in [-0.4, -0.2) is 21.6 Å². The Kier molecular flexibility index (Phi) is 3.51. The zero-order chi connectivity index (χ0) is 15.0. The van der Waals surface area contributed by atoms with Crippen molar-refractivity contribution >= 4 is 22.5 Å². The van der Waals surface area contributed by atoms with Crippen LogP contribution in [0.3, 0.4) is 0 Å². The van der Waals surface area contributed by atoms with Crippen LogP contribution in [0.25, 0.3) is 22.2 Å². The summed E-state index contributed by atoms with van der Waals surface area (Å²) in [7, 11) is 1.51. The molecule has 0 saturated carbocycles. The second-order valence-corrected chi connectivity index (χ2v) is 4.94. The molecule has 3 rings (SSSR count).